The van der Waals surface area contributed by atoms with Crippen LogP contribution in [0.5, 0.6) is 0 Å². The third-order valence-electron chi connectivity index (χ3n) is 3.20. The zero-order valence-electron chi connectivity index (χ0n) is 12.7. The molecule has 0 amide bonds. The van der Waals surface area contributed by atoms with Crippen LogP contribution in [0, 0.1) is 20.8 Å². The molecule has 1 heterocycles. The molecule has 0 fully saturated rings. The average Bonchev–Trinajstić information content (AvgIpc) is 2.78. The zero-order chi connectivity index (χ0) is 15.6. The first-order chi connectivity index (χ1) is 9.86. The fourth-order valence-electron chi connectivity index (χ4n) is 2.15. The molecule has 0 bridgehead atoms. The lowest BCUT2D eigenvalue weighted by Crippen LogP contribution is -2.30. The summed E-state index contributed by atoms with van der Waals surface area (Å²) in [4.78, 5) is 1.92. The molecule has 0 saturated carbocycles. The Morgan fingerprint density at radius 2 is 2.00 bits per heavy atom. The minimum Gasteiger partial charge on any atom is -0.464 e. The molecule has 5 heteroatoms. The van der Waals surface area contributed by atoms with Gasteiger partial charge in [0, 0.05) is 7.05 Å². The first-order valence-corrected chi connectivity index (χ1v) is 7.49. The normalized spacial score (nSPS) is 10.5. The van der Waals surface area contributed by atoms with E-state index in [0.29, 0.717) is 16.7 Å². The molecule has 0 unspecified atom stereocenters. The van der Waals surface area contributed by atoms with Gasteiger partial charge in [0.2, 0.25) is 0 Å². The molecule has 0 spiro atoms. The summed E-state index contributed by atoms with van der Waals surface area (Å²) in [5.74, 6) is 1.78. The Morgan fingerprint density at radius 1 is 1.29 bits per heavy atom. The molecule has 0 saturated heterocycles. The van der Waals surface area contributed by atoms with E-state index in [9.17, 15) is 0 Å². The van der Waals surface area contributed by atoms with E-state index < -0.39 is 0 Å². The number of furan rings is 1. The Kier molecular flexibility index (Phi) is 4.91. The van der Waals surface area contributed by atoms with Crippen molar-refractivity contribution in [2.75, 3.05) is 12.4 Å². The highest BCUT2D eigenvalue weighted by atomic mass is 35.5. The SMILES string of the molecule is Cc1cc(C)c(NC(=S)N(C)Cc2ccc(C)o2)c(Cl)c1. The van der Waals surface area contributed by atoms with Gasteiger partial charge in [-0.2, -0.15) is 0 Å². The van der Waals surface area contributed by atoms with Crippen molar-refractivity contribution in [2.24, 2.45) is 0 Å². The van der Waals surface area contributed by atoms with Crippen LogP contribution < -0.4 is 5.32 Å². The first-order valence-electron chi connectivity index (χ1n) is 6.71. The second-order valence-electron chi connectivity index (χ2n) is 5.24. The maximum atomic E-state index is 6.29. The van der Waals surface area contributed by atoms with Crippen LogP contribution in [0.1, 0.15) is 22.6 Å². The van der Waals surface area contributed by atoms with Crippen molar-refractivity contribution >= 4 is 34.6 Å². The maximum Gasteiger partial charge on any atom is 0.173 e. The van der Waals surface area contributed by atoms with Crippen molar-refractivity contribution in [1.82, 2.24) is 4.90 Å². The monoisotopic (exact) mass is 322 g/mol. The van der Waals surface area contributed by atoms with Gasteiger partial charge < -0.3 is 14.6 Å². The molecule has 112 valence electrons. The van der Waals surface area contributed by atoms with Gasteiger partial charge >= 0.3 is 0 Å². The number of thiocarbonyl (C=S) groups is 1. The Hall–Kier alpha value is -1.52. The molecule has 0 atom stereocenters. The van der Waals surface area contributed by atoms with Gasteiger partial charge in [0.1, 0.15) is 11.5 Å². The Bertz CT molecular complexity index is 643. The van der Waals surface area contributed by atoms with E-state index in [-0.39, 0.29) is 0 Å². The lowest BCUT2D eigenvalue weighted by Gasteiger charge is -2.21. The summed E-state index contributed by atoms with van der Waals surface area (Å²) in [6, 6.07) is 7.90. The Labute approximate surface area is 135 Å². The van der Waals surface area contributed by atoms with Crippen LogP contribution in [0.2, 0.25) is 5.02 Å². The fourth-order valence-corrected chi connectivity index (χ4v) is 2.69. The summed E-state index contributed by atoms with van der Waals surface area (Å²) in [5, 5.41) is 4.50. The molecule has 21 heavy (non-hydrogen) atoms. The fraction of sp³-hybridized carbons (Fsp3) is 0.312. The van der Waals surface area contributed by atoms with Crippen LogP contribution in [-0.2, 0) is 6.54 Å². The van der Waals surface area contributed by atoms with Crippen molar-refractivity contribution < 1.29 is 4.42 Å². The summed E-state index contributed by atoms with van der Waals surface area (Å²) in [6.07, 6.45) is 0. The molecule has 3 nitrogen and oxygen atoms in total. The maximum absolute atomic E-state index is 6.29. The summed E-state index contributed by atoms with van der Waals surface area (Å²) in [6.45, 7) is 6.57. The number of benzene rings is 1. The van der Waals surface area contributed by atoms with Crippen LogP contribution in [0.3, 0.4) is 0 Å². The summed E-state index contributed by atoms with van der Waals surface area (Å²) in [7, 11) is 1.92. The number of aryl methyl sites for hydroxylation is 3. The van der Waals surface area contributed by atoms with Crippen molar-refractivity contribution in [3.05, 3.63) is 51.9 Å². The summed E-state index contributed by atoms with van der Waals surface area (Å²) < 4.78 is 5.56. The van der Waals surface area contributed by atoms with Crippen LogP contribution in [0.4, 0.5) is 5.69 Å². The topological polar surface area (TPSA) is 28.4 Å². The zero-order valence-corrected chi connectivity index (χ0v) is 14.2. The molecule has 0 aliphatic carbocycles. The van der Waals surface area contributed by atoms with Gasteiger partial charge in [0.15, 0.2) is 5.11 Å². The van der Waals surface area contributed by atoms with Crippen LogP contribution in [0.25, 0.3) is 0 Å². The van der Waals surface area contributed by atoms with Crippen molar-refractivity contribution in [3.63, 3.8) is 0 Å². The van der Waals surface area contributed by atoms with Crippen molar-refractivity contribution in [3.8, 4) is 0 Å². The van der Waals surface area contributed by atoms with E-state index in [2.05, 4.69) is 11.4 Å². The van der Waals surface area contributed by atoms with Crippen LogP contribution in [0.15, 0.2) is 28.7 Å². The lowest BCUT2D eigenvalue weighted by atomic mass is 10.1. The van der Waals surface area contributed by atoms with Gasteiger partial charge in [-0.25, -0.2) is 0 Å². The van der Waals surface area contributed by atoms with Gasteiger partial charge in [-0.05, 0) is 62.3 Å². The Balaban J connectivity index is 2.07. The molecular formula is C16H19ClN2OS. The van der Waals surface area contributed by atoms with Crippen molar-refractivity contribution in [1.29, 1.82) is 0 Å². The number of hydrogen-bond donors (Lipinski definition) is 1. The number of halogens is 1. The molecule has 0 aliphatic heterocycles. The second kappa shape index (κ2) is 6.50. The summed E-state index contributed by atoms with van der Waals surface area (Å²) in [5.41, 5.74) is 3.06. The van der Waals surface area contributed by atoms with Gasteiger partial charge in [-0.3, -0.25) is 0 Å². The third-order valence-corrected chi connectivity index (χ3v) is 3.91. The van der Waals surface area contributed by atoms with Crippen molar-refractivity contribution in [2.45, 2.75) is 27.3 Å². The molecule has 2 aromatic rings. The highest BCUT2D eigenvalue weighted by Crippen LogP contribution is 2.27. The van der Waals surface area contributed by atoms with Gasteiger partial charge in [-0.1, -0.05) is 17.7 Å². The molecule has 0 aliphatic rings. The first kappa shape index (κ1) is 15.9. The molecule has 1 aromatic carbocycles. The van der Waals surface area contributed by atoms with E-state index in [1.807, 2.05) is 50.9 Å². The van der Waals surface area contributed by atoms with Crippen LogP contribution >= 0.6 is 23.8 Å². The standard InChI is InChI=1S/C16H19ClN2OS/c1-10-7-11(2)15(14(17)8-10)18-16(21)19(4)9-13-6-5-12(3)20-13/h5-8H,9H2,1-4H3,(H,18,21). The number of anilines is 1. The van der Waals surface area contributed by atoms with E-state index in [1.165, 1.54) is 0 Å². The predicted octanol–water partition coefficient (Wildman–Crippen LogP) is 4.69. The highest BCUT2D eigenvalue weighted by Gasteiger charge is 2.11. The summed E-state index contributed by atoms with van der Waals surface area (Å²) >= 11 is 11.7. The van der Waals surface area contributed by atoms with Gasteiger partial charge in [0.25, 0.3) is 0 Å². The minimum atomic E-state index is 0.609. The average molecular weight is 323 g/mol. The van der Waals surface area contributed by atoms with Gasteiger partial charge in [0.05, 0.1) is 17.3 Å². The van der Waals surface area contributed by atoms with E-state index >= 15 is 0 Å². The molecule has 1 N–H and O–H groups in total. The van der Waals surface area contributed by atoms with Gasteiger partial charge in [-0.15, -0.1) is 0 Å². The number of hydrogen-bond acceptors (Lipinski definition) is 2. The lowest BCUT2D eigenvalue weighted by molar-refractivity contribution is 0.403. The molecule has 0 radical (unpaired) electrons. The van der Waals surface area contributed by atoms with E-state index in [4.69, 9.17) is 28.2 Å². The smallest absolute Gasteiger partial charge is 0.173 e. The quantitative estimate of drug-likeness (QED) is 0.830. The predicted molar refractivity (Wildman–Crippen MR) is 92.1 cm³/mol. The molecular weight excluding hydrogens is 304 g/mol. The Morgan fingerprint density at radius 3 is 2.57 bits per heavy atom. The highest BCUT2D eigenvalue weighted by molar-refractivity contribution is 7.80. The number of rotatable bonds is 3. The molecule has 2 rings (SSSR count). The number of nitrogens with one attached hydrogen (secondary N) is 1. The molecule has 1 aromatic heterocycles. The largest absolute Gasteiger partial charge is 0.464 e. The second-order valence-corrected chi connectivity index (χ2v) is 6.03. The van der Waals surface area contributed by atoms with Crippen LogP contribution in [-0.4, -0.2) is 17.1 Å². The third kappa shape index (κ3) is 3.99. The number of nitrogens with zero attached hydrogens (tertiary/aromatic N) is 1. The van der Waals surface area contributed by atoms with E-state index in [1.54, 1.807) is 0 Å². The van der Waals surface area contributed by atoms with E-state index in [0.717, 1.165) is 28.3 Å². The minimum absolute atomic E-state index is 0.609.